The second-order valence-electron chi connectivity index (χ2n) is 4.20. The molecule has 3 heterocycles. The second-order valence-corrected chi connectivity index (χ2v) is 5.12. The van der Waals surface area contributed by atoms with E-state index in [0.717, 1.165) is 30.1 Å². The first kappa shape index (κ1) is 10.7. The van der Waals surface area contributed by atoms with Gasteiger partial charge in [0.2, 0.25) is 5.95 Å². The minimum atomic E-state index is 0.641. The van der Waals surface area contributed by atoms with Crippen molar-refractivity contribution >= 4 is 21.9 Å². The summed E-state index contributed by atoms with van der Waals surface area (Å²) in [6.45, 7) is 2.98. The van der Waals surface area contributed by atoms with E-state index in [1.807, 2.05) is 23.1 Å². The molecule has 2 aromatic rings. The molecule has 2 aromatic heterocycles. The molecule has 88 valence electrons. The van der Waals surface area contributed by atoms with Gasteiger partial charge in [0, 0.05) is 50.3 Å². The Kier molecular flexibility index (Phi) is 2.80. The normalized spacial score (nSPS) is 15.9. The Hall–Kier alpha value is -1.43. The molecule has 0 radical (unpaired) electrons. The molecule has 17 heavy (non-hydrogen) atoms. The molecule has 3 rings (SSSR count). The minimum absolute atomic E-state index is 0.641. The Morgan fingerprint density at radius 2 is 2.06 bits per heavy atom. The fourth-order valence-electron chi connectivity index (χ4n) is 1.99. The number of hydrogen-bond acceptors (Lipinski definition) is 4. The largest absolute Gasteiger partial charge is 0.340 e. The molecule has 0 spiro atoms. The molecule has 0 unspecified atom stereocenters. The fourth-order valence-corrected chi connectivity index (χ4v) is 2.20. The molecule has 0 atom stereocenters. The number of hydrogen-bond donors (Lipinski definition) is 0. The third kappa shape index (κ3) is 2.31. The van der Waals surface area contributed by atoms with Crippen LogP contribution in [0.15, 0.2) is 35.3 Å². The SMILES string of the molecule is Brc1cnc(N2CC(Cn3cccn3)C2)nc1. The van der Waals surface area contributed by atoms with Gasteiger partial charge in [-0.15, -0.1) is 0 Å². The summed E-state index contributed by atoms with van der Waals surface area (Å²) in [6.07, 6.45) is 7.37. The van der Waals surface area contributed by atoms with Crippen LogP contribution < -0.4 is 4.90 Å². The van der Waals surface area contributed by atoms with Gasteiger partial charge in [-0.05, 0) is 22.0 Å². The van der Waals surface area contributed by atoms with Crippen LogP contribution >= 0.6 is 15.9 Å². The van der Waals surface area contributed by atoms with Gasteiger partial charge in [-0.3, -0.25) is 4.68 Å². The number of halogens is 1. The highest BCUT2D eigenvalue weighted by Crippen LogP contribution is 2.22. The first-order chi connectivity index (χ1) is 8.31. The standard InChI is InChI=1S/C11H12BrN5/c12-10-4-13-11(14-5-10)16-6-9(7-16)8-17-3-1-2-15-17/h1-5,9H,6-8H2. The van der Waals surface area contributed by atoms with Crippen LogP contribution in [0, 0.1) is 5.92 Å². The van der Waals surface area contributed by atoms with Gasteiger partial charge in [0.1, 0.15) is 0 Å². The summed E-state index contributed by atoms with van der Waals surface area (Å²) < 4.78 is 2.89. The third-order valence-corrected chi connectivity index (χ3v) is 3.26. The first-order valence-corrected chi connectivity index (χ1v) is 6.30. The van der Waals surface area contributed by atoms with E-state index in [1.165, 1.54) is 0 Å². The van der Waals surface area contributed by atoms with Crippen LogP contribution in [0.5, 0.6) is 0 Å². The number of nitrogens with zero attached hydrogens (tertiary/aromatic N) is 5. The van der Waals surface area contributed by atoms with E-state index >= 15 is 0 Å². The van der Waals surface area contributed by atoms with Gasteiger partial charge < -0.3 is 4.90 Å². The quantitative estimate of drug-likeness (QED) is 0.862. The maximum Gasteiger partial charge on any atom is 0.225 e. The summed E-state index contributed by atoms with van der Waals surface area (Å²) in [5.74, 6) is 1.45. The van der Waals surface area contributed by atoms with Crippen molar-refractivity contribution in [3.05, 3.63) is 35.3 Å². The van der Waals surface area contributed by atoms with Crippen LogP contribution in [0.4, 0.5) is 5.95 Å². The second kappa shape index (κ2) is 4.44. The van der Waals surface area contributed by atoms with Crippen molar-refractivity contribution in [1.29, 1.82) is 0 Å². The van der Waals surface area contributed by atoms with Gasteiger partial charge in [-0.25, -0.2) is 9.97 Å². The highest BCUT2D eigenvalue weighted by molar-refractivity contribution is 9.10. The van der Waals surface area contributed by atoms with Gasteiger partial charge in [-0.2, -0.15) is 5.10 Å². The summed E-state index contributed by atoms with van der Waals surface area (Å²) in [5, 5.41) is 4.21. The Balaban J connectivity index is 1.56. The number of aromatic nitrogens is 4. The van der Waals surface area contributed by atoms with Crippen molar-refractivity contribution < 1.29 is 0 Å². The Bertz CT molecular complexity index is 475. The molecule has 1 fully saturated rings. The predicted molar refractivity (Wildman–Crippen MR) is 67.7 cm³/mol. The monoisotopic (exact) mass is 293 g/mol. The van der Waals surface area contributed by atoms with E-state index < -0.39 is 0 Å². The smallest absolute Gasteiger partial charge is 0.225 e. The van der Waals surface area contributed by atoms with E-state index in [9.17, 15) is 0 Å². The van der Waals surface area contributed by atoms with E-state index in [1.54, 1.807) is 12.4 Å². The molecule has 0 saturated carbocycles. The highest BCUT2D eigenvalue weighted by atomic mass is 79.9. The summed E-state index contributed by atoms with van der Waals surface area (Å²) in [6, 6.07) is 1.95. The third-order valence-electron chi connectivity index (χ3n) is 2.85. The van der Waals surface area contributed by atoms with Gasteiger partial charge in [-0.1, -0.05) is 0 Å². The molecular formula is C11H12BrN5. The Morgan fingerprint density at radius 1 is 1.29 bits per heavy atom. The molecule has 1 aliphatic heterocycles. The molecule has 1 saturated heterocycles. The highest BCUT2D eigenvalue weighted by Gasteiger charge is 2.28. The maximum absolute atomic E-state index is 4.28. The van der Waals surface area contributed by atoms with Gasteiger partial charge in [0.25, 0.3) is 0 Å². The van der Waals surface area contributed by atoms with E-state index in [4.69, 9.17) is 0 Å². The molecule has 0 bridgehead atoms. The fraction of sp³-hybridized carbons (Fsp3) is 0.364. The van der Waals surface area contributed by atoms with E-state index in [2.05, 4.69) is 35.9 Å². The summed E-state index contributed by atoms with van der Waals surface area (Å²) in [4.78, 5) is 10.7. The topological polar surface area (TPSA) is 46.8 Å². The van der Waals surface area contributed by atoms with Crippen LogP contribution in [-0.2, 0) is 6.54 Å². The van der Waals surface area contributed by atoms with Crippen LogP contribution in [0.2, 0.25) is 0 Å². The van der Waals surface area contributed by atoms with E-state index in [-0.39, 0.29) is 0 Å². The summed E-state index contributed by atoms with van der Waals surface area (Å²) >= 11 is 3.33. The zero-order valence-corrected chi connectivity index (χ0v) is 10.8. The lowest BCUT2D eigenvalue weighted by atomic mass is 10.0. The van der Waals surface area contributed by atoms with Crippen molar-refractivity contribution in [3.8, 4) is 0 Å². The molecule has 5 nitrogen and oxygen atoms in total. The van der Waals surface area contributed by atoms with Gasteiger partial charge in [0.15, 0.2) is 0 Å². The zero-order valence-electron chi connectivity index (χ0n) is 9.20. The molecule has 1 aliphatic rings. The lowest BCUT2D eigenvalue weighted by molar-refractivity contribution is 0.338. The van der Waals surface area contributed by atoms with Crippen molar-refractivity contribution in [2.24, 2.45) is 5.92 Å². The minimum Gasteiger partial charge on any atom is -0.340 e. The molecule has 0 aromatic carbocycles. The summed E-state index contributed by atoms with van der Waals surface area (Å²) in [5.41, 5.74) is 0. The predicted octanol–water partition coefficient (Wildman–Crippen LogP) is 1.57. The van der Waals surface area contributed by atoms with Crippen molar-refractivity contribution in [2.75, 3.05) is 18.0 Å². The average Bonchev–Trinajstić information content (AvgIpc) is 2.77. The zero-order chi connectivity index (χ0) is 11.7. The lowest BCUT2D eigenvalue weighted by Gasteiger charge is -2.39. The van der Waals surface area contributed by atoms with Gasteiger partial charge in [0.05, 0.1) is 4.47 Å². The summed E-state index contributed by atoms with van der Waals surface area (Å²) in [7, 11) is 0. The Labute approximate surface area is 108 Å². The molecule has 0 aliphatic carbocycles. The van der Waals surface area contributed by atoms with E-state index in [0.29, 0.717) is 5.92 Å². The van der Waals surface area contributed by atoms with Crippen LogP contribution in [-0.4, -0.2) is 32.8 Å². The van der Waals surface area contributed by atoms with Crippen LogP contribution in [0.3, 0.4) is 0 Å². The lowest BCUT2D eigenvalue weighted by Crippen LogP contribution is -2.49. The molecule has 0 N–H and O–H groups in total. The molecular weight excluding hydrogens is 282 g/mol. The van der Waals surface area contributed by atoms with Gasteiger partial charge >= 0.3 is 0 Å². The maximum atomic E-state index is 4.28. The van der Waals surface area contributed by atoms with Crippen LogP contribution in [0.25, 0.3) is 0 Å². The Morgan fingerprint density at radius 3 is 2.71 bits per heavy atom. The molecule has 0 amide bonds. The van der Waals surface area contributed by atoms with Crippen molar-refractivity contribution in [2.45, 2.75) is 6.54 Å². The number of anilines is 1. The van der Waals surface area contributed by atoms with Crippen molar-refractivity contribution in [3.63, 3.8) is 0 Å². The number of rotatable bonds is 3. The first-order valence-electron chi connectivity index (χ1n) is 5.51. The molecule has 6 heteroatoms. The average molecular weight is 294 g/mol. The van der Waals surface area contributed by atoms with Crippen molar-refractivity contribution in [1.82, 2.24) is 19.7 Å². The van der Waals surface area contributed by atoms with Crippen LogP contribution in [0.1, 0.15) is 0 Å².